The van der Waals surface area contributed by atoms with E-state index in [4.69, 9.17) is 9.47 Å². The number of methoxy groups -OCH3 is 1. The SMILES string of the molecule is COc1ccc(/C=C/C(=O)NC2CC2)cc1/C=C1\Oc2ccccc2NC1=O. The van der Waals surface area contributed by atoms with Crippen molar-refractivity contribution in [3.63, 3.8) is 0 Å². The molecule has 2 N–H and O–H groups in total. The number of para-hydroxylation sites is 2. The number of rotatable bonds is 5. The van der Waals surface area contributed by atoms with Gasteiger partial charge in [0, 0.05) is 17.7 Å². The summed E-state index contributed by atoms with van der Waals surface area (Å²) in [6, 6.07) is 13.0. The smallest absolute Gasteiger partial charge is 0.291 e. The molecule has 1 saturated carbocycles. The number of anilines is 1. The van der Waals surface area contributed by atoms with Crippen LogP contribution in [0.25, 0.3) is 12.2 Å². The number of benzene rings is 2. The van der Waals surface area contributed by atoms with Crippen LogP contribution >= 0.6 is 0 Å². The van der Waals surface area contributed by atoms with Gasteiger partial charge in [-0.1, -0.05) is 18.2 Å². The minimum atomic E-state index is -0.328. The summed E-state index contributed by atoms with van der Waals surface area (Å²) in [7, 11) is 1.56. The molecule has 0 unspecified atom stereocenters. The van der Waals surface area contributed by atoms with E-state index in [9.17, 15) is 9.59 Å². The second-order valence-corrected chi connectivity index (χ2v) is 6.68. The summed E-state index contributed by atoms with van der Waals surface area (Å²) in [5.74, 6) is 0.919. The molecule has 4 rings (SSSR count). The molecule has 1 aliphatic heterocycles. The average Bonchev–Trinajstić information content (AvgIpc) is 3.51. The van der Waals surface area contributed by atoms with Gasteiger partial charge in [-0.3, -0.25) is 9.59 Å². The third-order valence-electron chi connectivity index (χ3n) is 4.47. The molecule has 0 aromatic heterocycles. The lowest BCUT2D eigenvalue weighted by molar-refractivity contribution is -0.116. The van der Waals surface area contributed by atoms with Crippen LogP contribution in [0, 0.1) is 0 Å². The predicted octanol–water partition coefficient (Wildman–Crippen LogP) is 3.36. The van der Waals surface area contributed by atoms with E-state index < -0.39 is 0 Å². The first-order valence-electron chi connectivity index (χ1n) is 9.09. The topological polar surface area (TPSA) is 76.7 Å². The maximum atomic E-state index is 12.4. The van der Waals surface area contributed by atoms with Gasteiger partial charge in [-0.25, -0.2) is 0 Å². The minimum Gasteiger partial charge on any atom is -0.496 e. The van der Waals surface area contributed by atoms with Crippen LogP contribution in [0.4, 0.5) is 5.69 Å². The van der Waals surface area contributed by atoms with Gasteiger partial charge in [0.2, 0.25) is 5.91 Å². The van der Waals surface area contributed by atoms with Gasteiger partial charge >= 0.3 is 0 Å². The van der Waals surface area contributed by atoms with Gasteiger partial charge in [0.15, 0.2) is 11.5 Å². The standard InChI is InChI=1S/C22H20N2O4/c1-27-18-10-6-14(7-11-21(25)23-16-8-9-16)12-15(18)13-20-22(26)24-17-4-2-3-5-19(17)28-20/h2-7,10-13,16H,8-9H2,1H3,(H,23,25)(H,24,26)/b11-7+,20-13-. The van der Waals surface area contributed by atoms with Crippen molar-refractivity contribution in [1.29, 1.82) is 0 Å². The van der Waals surface area contributed by atoms with Crippen LogP contribution < -0.4 is 20.1 Å². The number of fused-ring (bicyclic) bond motifs is 1. The average molecular weight is 376 g/mol. The molecule has 1 fully saturated rings. The summed E-state index contributed by atoms with van der Waals surface area (Å²) in [6.07, 6.45) is 6.97. The first-order valence-corrected chi connectivity index (χ1v) is 9.09. The largest absolute Gasteiger partial charge is 0.496 e. The lowest BCUT2D eigenvalue weighted by Gasteiger charge is -2.19. The van der Waals surface area contributed by atoms with E-state index >= 15 is 0 Å². The zero-order chi connectivity index (χ0) is 19.5. The first-order chi connectivity index (χ1) is 13.6. The molecular weight excluding hydrogens is 356 g/mol. The maximum absolute atomic E-state index is 12.4. The summed E-state index contributed by atoms with van der Waals surface area (Å²) in [4.78, 5) is 24.2. The van der Waals surface area contributed by atoms with Gasteiger partial charge in [-0.15, -0.1) is 0 Å². The van der Waals surface area contributed by atoms with Crippen molar-refractivity contribution >= 4 is 29.7 Å². The van der Waals surface area contributed by atoms with Crippen LogP contribution in [0.15, 0.2) is 54.3 Å². The number of carbonyl (C=O) groups excluding carboxylic acids is 2. The highest BCUT2D eigenvalue weighted by Crippen LogP contribution is 2.32. The lowest BCUT2D eigenvalue weighted by atomic mass is 10.1. The fourth-order valence-corrected chi connectivity index (χ4v) is 2.86. The monoisotopic (exact) mass is 376 g/mol. The molecule has 0 saturated heterocycles. The van der Waals surface area contributed by atoms with Crippen molar-refractivity contribution in [1.82, 2.24) is 5.32 Å². The van der Waals surface area contributed by atoms with E-state index in [0.29, 0.717) is 28.8 Å². The second kappa shape index (κ2) is 7.60. The summed E-state index contributed by atoms with van der Waals surface area (Å²) in [5, 5.41) is 5.71. The summed E-state index contributed by atoms with van der Waals surface area (Å²) >= 11 is 0. The summed E-state index contributed by atoms with van der Waals surface area (Å²) in [6.45, 7) is 0. The molecule has 6 nitrogen and oxygen atoms in total. The Morgan fingerprint density at radius 3 is 2.86 bits per heavy atom. The normalized spacial score (nSPS) is 17.0. The molecular formula is C22H20N2O4. The van der Waals surface area contributed by atoms with E-state index in [1.807, 2.05) is 24.3 Å². The molecule has 0 radical (unpaired) electrons. The number of hydrogen-bond donors (Lipinski definition) is 2. The molecule has 0 spiro atoms. The Balaban J connectivity index is 1.59. The van der Waals surface area contributed by atoms with Crippen molar-refractivity contribution in [2.75, 3.05) is 12.4 Å². The van der Waals surface area contributed by atoms with Crippen molar-refractivity contribution in [2.24, 2.45) is 0 Å². The number of carbonyl (C=O) groups is 2. The highest BCUT2D eigenvalue weighted by molar-refractivity contribution is 6.08. The Kier molecular flexibility index (Phi) is 4.85. The van der Waals surface area contributed by atoms with Gasteiger partial charge in [0.05, 0.1) is 12.8 Å². The lowest BCUT2D eigenvalue weighted by Crippen LogP contribution is -2.23. The highest BCUT2D eigenvalue weighted by atomic mass is 16.5. The van der Waals surface area contributed by atoms with Gasteiger partial charge in [0.25, 0.3) is 5.91 Å². The second-order valence-electron chi connectivity index (χ2n) is 6.68. The number of amides is 2. The van der Waals surface area contributed by atoms with Crippen molar-refractivity contribution in [3.05, 3.63) is 65.4 Å². The van der Waals surface area contributed by atoms with E-state index in [1.165, 1.54) is 6.08 Å². The quantitative estimate of drug-likeness (QED) is 0.785. The Morgan fingerprint density at radius 1 is 1.25 bits per heavy atom. The van der Waals surface area contributed by atoms with Crippen LogP contribution in [0.1, 0.15) is 24.0 Å². The van der Waals surface area contributed by atoms with Crippen molar-refractivity contribution in [2.45, 2.75) is 18.9 Å². The fraction of sp³-hybridized carbons (Fsp3) is 0.182. The van der Waals surface area contributed by atoms with E-state index in [1.54, 1.807) is 37.5 Å². The summed E-state index contributed by atoms with van der Waals surface area (Å²) in [5.41, 5.74) is 2.13. The Morgan fingerprint density at radius 2 is 2.07 bits per heavy atom. The summed E-state index contributed by atoms with van der Waals surface area (Å²) < 4.78 is 11.1. The molecule has 0 atom stereocenters. The van der Waals surface area contributed by atoms with Gasteiger partial charge in [-0.05, 0) is 54.8 Å². The Labute approximate surface area is 162 Å². The third kappa shape index (κ3) is 4.06. The molecule has 142 valence electrons. The molecule has 2 amide bonds. The molecule has 1 aliphatic carbocycles. The van der Waals surface area contributed by atoms with Crippen molar-refractivity contribution < 1.29 is 19.1 Å². The van der Waals surface area contributed by atoms with Crippen LogP contribution in [0.2, 0.25) is 0 Å². The highest BCUT2D eigenvalue weighted by Gasteiger charge is 2.23. The zero-order valence-corrected chi connectivity index (χ0v) is 15.4. The zero-order valence-electron chi connectivity index (χ0n) is 15.4. The third-order valence-corrected chi connectivity index (χ3v) is 4.47. The van der Waals surface area contributed by atoms with Crippen molar-refractivity contribution in [3.8, 4) is 11.5 Å². The first kappa shape index (κ1) is 17.9. The number of nitrogens with one attached hydrogen (secondary N) is 2. The fourth-order valence-electron chi connectivity index (χ4n) is 2.86. The number of hydrogen-bond acceptors (Lipinski definition) is 4. The van der Waals surface area contributed by atoms with E-state index in [-0.39, 0.29) is 17.6 Å². The molecule has 1 heterocycles. The van der Waals surface area contributed by atoms with E-state index in [0.717, 1.165) is 18.4 Å². The van der Waals surface area contributed by atoms with Crippen LogP contribution in [0.3, 0.4) is 0 Å². The van der Waals surface area contributed by atoms with Gasteiger partial charge in [-0.2, -0.15) is 0 Å². The molecule has 0 bridgehead atoms. The molecule has 2 aromatic rings. The Bertz CT molecular complexity index is 990. The molecule has 2 aliphatic rings. The van der Waals surface area contributed by atoms with E-state index in [2.05, 4.69) is 10.6 Å². The van der Waals surface area contributed by atoms with Crippen LogP contribution in [0.5, 0.6) is 11.5 Å². The Hall–Kier alpha value is -3.54. The molecule has 6 heteroatoms. The minimum absolute atomic E-state index is 0.107. The maximum Gasteiger partial charge on any atom is 0.291 e. The van der Waals surface area contributed by atoms with Crippen LogP contribution in [-0.2, 0) is 9.59 Å². The van der Waals surface area contributed by atoms with Gasteiger partial charge < -0.3 is 20.1 Å². The predicted molar refractivity (Wildman–Crippen MR) is 107 cm³/mol. The molecule has 28 heavy (non-hydrogen) atoms. The molecule has 2 aromatic carbocycles. The number of ether oxygens (including phenoxy) is 2. The van der Waals surface area contributed by atoms with Gasteiger partial charge in [0.1, 0.15) is 5.75 Å². The van der Waals surface area contributed by atoms with Crippen LogP contribution in [-0.4, -0.2) is 25.0 Å².